The van der Waals surface area contributed by atoms with Crippen LogP contribution in [0.2, 0.25) is 0 Å². The van der Waals surface area contributed by atoms with Crippen molar-refractivity contribution in [1.29, 1.82) is 0 Å². The van der Waals surface area contributed by atoms with Gasteiger partial charge in [0, 0.05) is 16.1 Å². The van der Waals surface area contributed by atoms with E-state index in [9.17, 15) is 19.5 Å². The molecule has 7 nitrogen and oxygen atoms in total. The zero-order valence-electron chi connectivity index (χ0n) is 16.7. The first-order chi connectivity index (χ1) is 13.2. The standard InChI is InChI=1S/C19H29BrN2O5S/c1-5-10(8-23)22-15(16(24)21-9(3)4)19-7-11(20)14(28-19)12(13(19)17(22)25)18(26)27-6-2/h9-15,23H,5-8H2,1-4H3,(H,21,24)/t10-,11?,12-,13-,14-,15?,19?/m0/s1. The first-order valence-electron chi connectivity index (χ1n) is 9.95. The molecule has 0 saturated carbocycles. The molecule has 0 aromatic heterocycles. The fourth-order valence-electron chi connectivity index (χ4n) is 5.05. The van der Waals surface area contributed by atoms with Crippen LogP contribution in [-0.2, 0) is 19.1 Å². The fourth-order valence-corrected chi connectivity index (χ4v) is 8.63. The maximum absolute atomic E-state index is 13.6. The molecule has 0 aromatic carbocycles. The van der Waals surface area contributed by atoms with E-state index in [0.29, 0.717) is 12.8 Å². The molecule has 1 spiro atoms. The Bertz CT molecular complexity index is 658. The molecule has 3 rings (SSSR count). The number of amides is 2. The lowest BCUT2D eigenvalue weighted by Crippen LogP contribution is -2.57. The number of hydrogen-bond donors (Lipinski definition) is 2. The van der Waals surface area contributed by atoms with E-state index in [1.54, 1.807) is 23.6 Å². The maximum Gasteiger partial charge on any atom is 0.310 e. The average molecular weight is 477 g/mol. The van der Waals surface area contributed by atoms with Crippen LogP contribution in [0.4, 0.5) is 0 Å². The molecule has 158 valence electrons. The second kappa shape index (κ2) is 8.14. The highest BCUT2D eigenvalue weighted by Crippen LogP contribution is 2.68. The Morgan fingerprint density at radius 1 is 1.43 bits per heavy atom. The molecule has 3 fully saturated rings. The Labute approximate surface area is 178 Å². The smallest absolute Gasteiger partial charge is 0.310 e. The van der Waals surface area contributed by atoms with Crippen molar-refractivity contribution >= 4 is 45.5 Å². The normalized spacial score (nSPS) is 37.3. The van der Waals surface area contributed by atoms with Crippen molar-refractivity contribution in [3.05, 3.63) is 0 Å². The van der Waals surface area contributed by atoms with Gasteiger partial charge in [0.05, 0.1) is 35.8 Å². The summed E-state index contributed by atoms with van der Waals surface area (Å²) in [6, 6.07) is -1.23. The zero-order chi connectivity index (χ0) is 20.8. The van der Waals surface area contributed by atoms with E-state index in [1.165, 1.54) is 0 Å². The lowest BCUT2D eigenvalue weighted by Gasteiger charge is -2.37. The quantitative estimate of drug-likeness (QED) is 0.424. The maximum atomic E-state index is 13.6. The Morgan fingerprint density at radius 3 is 2.64 bits per heavy atom. The lowest BCUT2D eigenvalue weighted by molar-refractivity contribution is -0.154. The summed E-state index contributed by atoms with van der Waals surface area (Å²) in [5, 5.41) is 12.7. The van der Waals surface area contributed by atoms with Crippen molar-refractivity contribution in [2.45, 2.75) is 73.5 Å². The van der Waals surface area contributed by atoms with Gasteiger partial charge in [-0.05, 0) is 33.6 Å². The fraction of sp³-hybridized carbons (Fsp3) is 0.842. The first kappa shape index (κ1) is 21.9. The van der Waals surface area contributed by atoms with Crippen molar-refractivity contribution in [3.63, 3.8) is 0 Å². The number of aliphatic hydroxyl groups excluding tert-OH is 1. The second-order valence-electron chi connectivity index (χ2n) is 8.07. The van der Waals surface area contributed by atoms with Crippen LogP contribution < -0.4 is 5.32 Å². The van der Waals surface area contributed by atoms with Crippen LogP contribution in [0.1, 0.15) is 40.5 Å². The van der Waals surface area contributed by atoms with E-state index in [2.05, 4.69) is 21.2 Å². The van der Waals surface area contributed by atoms with Gasteiger partial charge in [0.25, 0.3) is 0 Å². The number of ether oxygens (including phenoxy) is 1. The molecule has 3 aliphatic heterocycles. The van der Waals surface area contributed by atoms with Gasteiger partial charge < -0.3 is 20.1 Å². The zero-order valence-corrected chi connectivity index (χ0v) is 19.1. The predicted molar refractivity (Wildman–Crippen MR) is 110 cm³/mol. The number of carbonyl (C=O) groups excluding carboxylic acids is 3. The van der Waals surface area contributed by atoms with Gasteiger partial charge >= 0.3 is 5.97 Å². The van der Waals surface area contributed by atoms with Crippen LogP contribution in [0.3, 0.4) is 0 Å². The van der Waals surface area contributed by atoms with Gasteiger partial charge in [-0.3, -0.25) is 14.4 Å². The monoisotopic (exact) mass is 476 g/mol. The molecule has 9 heteroatoms. The van der Waals surface area contributed by atoms with Crippen LogP contribution in [0.15, 0.2) is 0 Å². The van der Waals surface area contributed by atoms with Gasteiger partial charge in [-0.1, -0.05) is 22.9 Å². The number of likely N-dealkylation sites (tertiary alicyclic amines) is 1. The molecular weight excluding hydrogens is 448 g/mol. The number of alkyl halides is 1. The van der Waals surface area contributed by atoms with Gasteiger partial charge in [0.2, 0.25) is 11.8 Å². The van der Waals surface area contributed by atoms with E-state index < -0.39 is 28.7 Å². The summed E-state index contributed by atoms with van der Waals surface area (Å²) in [7, 11) is 0. The summed E-state index contributed by atoms with van der Waals surface area (Å²) in [6.45, 7) is 7.43. The van der Waals surface area contributed by atoms with E-state index in [4.69, 9.17) is 4.74 Å². The second-order valence-corrected chi connectivity index (χ2v) is 10.8. The Balaban J connectivity index is 2.08. The van der Waals surface area contributed by atoms with Crippen molar-refractivity contribution in [2.75, 3.05) is 13.2 Å². The minimum absolute atomic E-state index is 0.0273. The van der Waals surface area contributed by atoms with Crippen molar-refractivity contribution in [3.8, 4) is 0 Å². The number of nitrogens with one attached hydrogen (secondary N) is 1. The van der Waals surface area contributed by atoms with Gasteiger partial charge in [-0.2, -0.15) is 0 Å². The van der Waals surface area contributed by atoms with E-state index in [1.807, 2.05) is 20.8 Å². The van der Waals surface area contributed by atoms with E-state index >= 15 is 0 Å². The number of carbonyl (C=O) groups is 3. The predicted octanol–water partition coefficient (Wildman–Crippen LogP) is 1.31. The molecule has 3 saturated heterocycles. The molecule has 7 atom stereocenters. The molecular formula is C19H29BrN2O5S. The highest BCUT2D eigenvalue weighted by atomic mass is 79.9. The van der Waals surface area contributed by atoms with Gasteiger partial charge in [0.15, 0.2) is 0 Å². The summed E-state index contributed by atoms with van der Waals surface area (Å²) in [6.07, 6.45) is 1.16. The number of rotatable bonds is 7. The molecule has 0 aromatic rings. The molecule has 0 aliphatic carbocycles. The first-order valence-corrected chi connectivity index (χ1v) is 11.7. The number of nitrogens with zero attached hydrogens (tertiary/aromatic N) is 1. The number of halogens is 1. The number of hydrogen-bond acceptors (Lipinski definition) is 6. The van der Waals surface area contributed by atoms with Crippen molar-refractivity contribution in [1.82, 2.24) is 10.2 Å². The van der Waals surface area contributed by atoms with Crippen LogP contribution in [-0.4, -0.2) is 74.0 Å². The van der Waals surface area contributed by atoms with Gasteiger partial charge in [-0.15, -0.1) is 11.8 Å². The molecule has 28 heavy (non-hydrogen) atoms. The third-order valence-corrected chi connectivity index (χ3v) is 9.26. The molecule has 3 heterocycles. The minimum Gasteiger partial charge on any atom is -0.466 e. The Kier molecular flexibility index (Phi) is 6.37. The molecule has 3 unspecified atom stereocenters. The highest BCUT2D eigenvalue weighted by Gasteiger charge is 2.76. The molecule has 3 aliphatic rings. The van der Waals surface area contributed by atoms with Crippen LogP contribution in [0.25, 0.3) is 0 Å². The number of fused-ring (bicyclic) bond motifs is 1. The lowest BCUT2D eigenvalue weighted by atomic mass is 9.71. The summed E-state index contributed by atoms with van der Waals surface area (Å²) in [5.74, 6) is -1.97. The van der Waals surface area contributed by atoms with Gasteiger partial charge in [0.1, 0.15) is 6.04 Å². The Morgan fingerprint density at radius 2 is 2.11 bits per heavy atom. The highest BCUT2D eigenvalue weighted by molar-refractivity contribution is 9.09. The molecule has 2 bridgehead atoms. The largest absolute Gasteiger partial charge is 0.466 e. The third-order valence-electron chi connectivity index (χ3n) is 6.04. The summed E-state index contributed by atoms with van der Waals surface area (Å²) >= 11 is 5.26. The number of thioether (sulfide) groups is 1. The molecule has 2 amide bonds. The van der Waals surface area contributed by atoms with Crippen molar-refractivity contribution < 1.29 is 24.2 Å². The van der Waals surface area contributed by atoms with E-state index in [-0.39, 0.29) is 47.1 Å². The van der Waals surface area contributed by atoms with Gasteiger partial charge in [-0.25, -0.2) is 0 Å². The molecule has 2 N–H and O–H groups in total. The topological polar surface area (TPSA) is 95.9 Å². The SMILES string of the molecule is CCOC(=O)[C@H]1[C@H]2C(=O)N([C@@H](CC)CO)C(C(=O)NC(C)C)C23CC(Br)[C@@H]1S3. The molecule has 0 radical (unpaired) electrons. The number of esters is 1. The number of aliphatic hydroxyl groups is 1. The Hall–Kier alpha value is -0.800. The van der Waals surface area contributed by atoms with Crippen molar-refractivity contribution in [2.24, 2.45) is 11.8 Å². The third kappa shape index (κ3) is 3.17. The minimum atomic E-state index is -0.709. The van der Waals surface area contributed by atoms with Crippen LogP contribution >= 0.6 is 27.7 Å². The summed E-state index contributed by atoms with van der Waals surface area (Å²) in [5.41, 5.74) is 0. The average Bonchev–Trinajstić information content (AvgIpc) is 3.20. The van der Waals surface area contributed by atoms with E-state index in [0.717, 1.165) is 0 Å². The van der Waals surface area contributed by atoms with Crippen LogP contribution in [0.5, 0.6) is 0 Å². The summed E-state index contributed by atoms with van der Waals surface area (Å²) < 4.78 is 4.61. The van der Waals surface area contributed by atoms with Crippen LogP contribution in [0, 0.1) is 11.8 Å². The summed E-state index contributed by atoms with van der Waals surface area (Å²) in [4.78, 5) is 41.2.